The standard InChI is InChI=1S/C12H15N3/c1-4-11-5-6-12(7-10(11)2)15-9-13-8-14(15)3/h4-7,9H,1,8H2,2-3H3. The first-order valence-corrected chi connectivity index (χ1v) is 4.95. The zero-order valence-corrected chi connectivity index (χ0v) is 9.14. The van der Waals surface area contributed by atoms with Crippen LogP contribution >= 0.6 is 0 Å². The van der Waals surface area contributed by atoms with Crippen LogP contribution in [0.2, 0.25) is 0 Å². The summed E-state index contributed by atoms with van der Waals surface area (Å²) in [7, 11) is 2.02. The summed E-state index contributed by atoms with van der Waals surface area (Å²) in [4.78, 5) is 4.20. The maximum absolute atomic E-state index is 4.20. The molecule has 0 saturated heterocycles. The number of hydrogen-bond acceptors (Lipinski definition) is 3. The third kappa shape index (κ3) is 1.78. The van der Waals surface area contributed by atoms with Crippen molar-refractivity contribution < 1.29 is 0 Å². The topological polar surface area (TPSA) is 18.8 Å². The van der Waals surface area contributed by atoms with Gasteiger partial charge in [0, 0.05) is 7.05 Å². The molecule has 0 unspecified atom stereocenters. The Labute approximate surface area is 90.3 Å². The van der Waals surface area contributed by atoms with Crippen molar-refractivity contribution in [3.8, 4) is 0 Å². The van der Waals surface area contributed by atoms with Crippen LogP contribution in [0.1, 0.15) is 11.1 Å². The lowest BCUT2D eigenvalue weighted by molar-refractivity contribution is 0.389. The van der Waals surface area contributed by atoms with Gasteiger partial charge < -0.3 is 0 Å². The molecule has 0 atom stereocenters. The monoisotopic (exact) mass is 201 g/mol. The lowest BCUT2D eigenvalue weighted by atomic mass is 10.1. The summed E-state index contributed by atoms with van der Waals surface area (Å²) in [5, 5.41) is 4.10. The predicted octanol–water partition coefficient (Wildman–Crippen LogP) is 2.29. The highest BCUT2D eigenvalue weighted by molar-refractivity contribution is 5.80. The zero-order valence-electron chi connectivity index (χ0n) is 9.14. The summed E-state index contributed by atoms with van der Waals surface area (Å²) in [6, 6.07) is 6.31. The maximum atomic E-state index is 4.20. The number of aliphatic imine (C=N–C) groups is 1. The number of hydrazine groups is 1. The van der Waals surface area contributed by atoms with E-state index in [0.29, 0.717) is 0 Å². The van der Waals surface area contributed by atoms with E-state index in [9.17, 15) is 0 Å². The highest BCUT2D eigenvalue weighted by atomic mass is 15.7. The van der Waals surface area contributed by atoms with Crippen LogP contribution in [0.3, 0.4) is 0 Å². The molecule has 0 amide bonds. The molecule has 0 aromatic heterocycles. The Morgan fingerprint density at radius 3 is 2.80 bits per heavy atom. The van der Waals surface area contributed by atoms with Gasteiger partial charge in [0.15, 0.2) is 0 Å². The highest BCUT2D eigenvalue weighted by Crippen LogP contribution is 2.21. The summed E-state index contributed by atoms with van der Waals surface area (Å²) >= 11 is 0. The largest absolute Gasteiger partial charge is 0.262 e. The van der Waals surface area contributed by atoms with Crippen LogP contribution < -0.4 is 5.01 Å². The molecule has 3 heteroatoms. The van der Waals surface area contributed by atoms with Gasteiger partial charge in [0.2, 0.25) is 0 Å². The van der Waals surface area contributed by atoms with E-state index in [1.807, 2.05) is 24.5 Å². The van der Waals surface area contributed by atoms with Crippen molar-refractivity contribution in [2.75, 3.05) is 18.7 Å². The molecule has 0 N–H and O–H groups in total. The Hall–Kier alpha value is -1.61. The third-order valence-corrected chi connectivity index (χ3v) is 2.58. The van der Waals surface area contributed by atoms with E-state index in [0.717, 1.165) is 12.4 Å². The minimum Gasteiger partial charge on any atom is -0.262 e. The van der Waals surface area contributed by atoms with E-state index >= 15 is 0 Å². The van der Waals surface area contributed by atoms with E-state index < -0.39 is 0 Å². The first-order chi connectivity index (χ1) is 7.22. The van der Waals surface area contributed by atoms with Crippen molar-refractivity contribution in [3.05, 3.63) is 35.9 Å². The van der Waals surface area contributed by atoms with Gasteiger partial charge in [-0.1, -0.05) is 18.7 Å². The number of hydrogen-bond donors (Lipinski definition) is 0. The molecule has 1 aromatic carbocycles. The van der Waals surface area contributed by atoms with Crippen LogP contribution in [0.25, 0.3) is 6.08 Å². The van der Waals surface area contributed by atoms with Gasteiger partial charge in [-0.05, 0) is 30.2 Å². The number of benzene rings is 1. The second-order valence-electron chi connectivity index (χ2n) is 3.69. The Morgan fingerprint density at radius 2 is 2.27 bits per heavy atom. The van der Waals surface area contributed by atoms with Gasteiger partial charge in [0.25, 0.3) is 0 Å². The first-order valence-electron chi connectivity index (χ1n) is 4.95. The second-order valence-corrected chi connectivity index (χ2v) is 3.69. The van der Waals surface area contributed by atoms with Gasteiger partial charge in [-0.2, -0.15) is 5.01 Å². The normalized spacial score (nSPS) is 16.0. The van der Waals surface area contributed by atoms with Gasteiger partial charge in [0.05, 0.1) is 5.69 Å². The highest BCUT2D eigenvalue weighted by Gasteiger charge is 2.14. The molecule has 2 rings (SSSR count). The lowest BCUT2D eigenvalue weighted by Crippen LogP contribution is -2.33. The van der Waals surface area contributed by atoms with E-state index in [4.69, 9.17) is 0 Å². The Morgan fingerprint density at radius 1 is 1.47 bits per heavy atom. The van der Waals surface area contributed by atoms with Crippen molar-refractivity contribution in [2.24, 2.45) is 4.99 Å². The molecule has 15 heavy (non-hydrogen) atoms. The van der Waals surface area contributed by atoms with Crippen LogP contribution in [0.4, 0.5) is 5.69 Å². The number of nitrogens with zero attached hydrogens (tertiary/aromatic N) is 3. The second kappa shape index (κ2) is 3.87. The van der Waals surface area contributed by atoms with E-state index in [1.54, 1.807) is 0 Å². The third-order valence-electron chi connectivity index (χ3n) is 2.58. The maximum Gasteiger partial charge on any atom is 0.110 e. The van der Waals surface area contributed by atoms with Crippen LogP contribution in [0.15, 0.2) is 29.8 Å². The van der Waals surface area contributed by atoms with Crippen molar-refractivity contribution in [1.29, 1.82) is 0 Å². The van der Waals surface area contributed by atoms with E-state index in [2.05, 4.69) is 41.7 Å². The first kappa shape index (κ1) is 9.93. The molecular formula is C12H15N3. The lowest BCUT2D eigenvalue weighted by Gasteiger charge is -2.23. The summed E-state index contributed by atoms with van der Waals surface area (Å²) < 4.78 is 0. The van der Waals surface area contributed by atoms with E-state index in [1.165, 1.54) is 11.1 Å². The summed E-state index contributed by atoms with van der Waals surface area (Å²) in [6.45, 7) is 6.60. The Balaban J connectivity index is 2.33. The quantitative estimate of drug-likeness (QED) is 0.731. The summed E-state index contributed by atoms with van der Waals surface area (Å²) in [5.74, 6) is 0. The molecule has 0 fully saturated rings. The van der Waals surface area contributed by atoms with Gasteiger partial charge in [-0.25, -0.2) is 0 Å². The minimum absolute atomic E-state index is 0.724. The van der Waals surface area contributed by atoms with Gasteiger partial charge in [0.1, 0.15) is 13.0 Å². The summed E-state index contributed by atoms with van der Waals surface area (Å²) in [6.07, 6.45) is 3.73. The average Bonchev–Trinajstić information content (AvgIpc) is 2.64. The molecule has 78 valence electrons. The van der Waals surface area contributed by atoms with E-state index in [-0.39, 0.29) is 0 Å². The minimum atomic E-state index is 0.724. The molecule has 0 radical (unpaired) electrons. The molecule has 1 aliphatic rings. The molecule has 0 saturated carbocycles. The number of anilines is 1. The Kier molecular flexibility index (Phi) is 2.56. The molecule has 1 aliphatic heterocycles. The SMILES string of the molecule is C=Cc1ccc(N2C=NCN2C)cc1C. The molecule has 0 bridgehead atoms. The fraction of sp³-hybridized carbons (Fsp3) is 0.250. The molecule has 0 spiro atoms. The van der Waals surface area contributed by atoms with Crippen LogP contribution in [0, 0.1) is 6.92 Å². The van der Waals surface area contributed by atoms with Crippen molar-refractivity contribution >= 4 is 18.1 Å². The smallest absolute Gasteiger partial charge is 0.110 e. The van der Waals surface area contributed by atoms with Crippen LogP contribution in [-0.2, 0) is 0 Å². The predicted molar refractivity (Wildman–Crippen MR) is 64.9 cm³/mol. The molecule has 1 aromatic rings. The zero-order chi connectivity index (χ0) is 10.8. The van der Waals surface area contributed by atoms with Crippen molar-refractivity contribution in [3.63, 3.8) is 0 Å². The van der Waals surface area contributed by atoms with Crippen LogP contribution in [0.5, 0.6) is 0 Å². The van der Waals surface area contributed by atoms with Crippen LogP contribution in [-0.4, -0.2) is 25.1 Å². The summed E-state index contributed by atoms with van der Waals surface area (Å²) in [5.41, 5.74) is 3.55. The molecule has 3 nitrogen and oxygen atoms in total. The molecule has 1 heterocycles. The molecule has 0 aliphatic carbocycles. The molecular weight excluding hydrogens is 186 g/mol. The fourth-order valence-electron chi connectivity index (χ4n) is 1.68. The van der Waals surface area contributed by atoms with Crippen molar-refractivity contribution in [1.82, 2.24) is 5.01 Å². The van der Waals surface area contributed by atoms with Gasteiger partial charge >= 0.3 is 0 Å². The number of aryl methyl sites for hydroxylation is 1. The average molecular weight is 201 g/mol. The van der Waals surface area contributed by atoms with Crippen molar-refractivity contribution in [2.45, 2.75) is 6.92 Å². The number of rotatable bonds is 2. The fourth-order valence-corrected chi connectivity index (χ4v) is 1.68. The van der Waals surface area contributed by atoms with Gasteiger partial charge in [-0.15, -0.1) is 0 Å². The Bertz CT molecular complexity index is 409. The van der Waals surface area contributed by atoms with Gasteiger partial charge in [-0.3, -0.25) is 10.0 Å².